The van der Waals surface area contributed by atoms with Gasteiger partial charge >= 0.3 is 0 Å². The van der Waals surface area contributed by atoms with E-state index in [-0.39, 0.29) is 0 Å². The minimum atomic E-state index is -1.79. The Morgan fingerprint density at radius 2 is 1.43 bits per heavy atom. The van der Waals surface area contributed by atoms with Gasteiger partial charge in [-0.15, -0.1) is 22.2 Å². The molecule has 0 amide bonds. The summed E-state index contributed by atoms with van der Waals surface area (Å²) < 4.78 is 0. The van der Waals surface area contributed by atoms with Crippen LogP contribution in [0.5, 0.6) is 0 Å². The Hall–Kier alpha value is 0.797. The van der Waals surface area contributed by atoms with Crippen LogP contribution in [0.1, 0.15) is 13.8 Å². The Labute approximate surface area is 55.2 Å². The second-order valence-electron chi connectivity index (χ2n) is 2.11. The van der Waals surface area contributed by atoms with Gasteiger partial charge in [0.05, 0.1) is 0 Å². The van der Waals surface area contributed by atoms with Crippen molar-refractivity contribution >= 4 is 28.9 Å². The summed E-state index contributed by atoms with van der Waals surface area (Å²) in [5, 5.41) is 0. The molecule has 0 saturated heterocycles. The van der Waals surface area contributed by atoms with Gasteiger partial charge in [0, 0.05) is 0 Å². The molecule has 0 aliphatic rings. The SMILES string of the molecule is CC(C)[Si](C)(Cl)Cl. The molecule has 0 unspecified atom stereocenters. The standard InChI is InChI=1S/C4H10Cl2Si/c1-4(2)7(3,5)6/h4H,1-3H3. The first kappa shape index (κ1) is 7.80. The van der Waals surface area contributed by atoms with E-state index >= 15 is 0 Å². The largest absolute Gasteiger partial charge is 0.250 e. The Balaban J connectivity index is 3.54. The maximum Gasteiger partial charge on any atom is 0.250 e. The fourth-order valence-corrected chi connectivity index (χ4v) is 0. The van der Waals surface area contributed by atoms with Crippen LogP contribution in [0.4, 0.5) is 0 Å². The van der Waals surface area contributed by atoms with E-state index < -0.39 is 6.69 Å². The van der Waals surface area contributed by atoms with E-state index in [0.717, 1.165) is 0 Å². The average Bonchev–Trinajstić information content (AvgIpc) is 1.31. The van der Waals surface area contributed by atoms with Crippen molar-refractivity contribution in [1.29, 1.82) is 0 Å². The van der Waals surface area contributed by atoms with Crippen molar-refractivity contribution in [3.63, 3.8) is 0 Å². The second-order valence-corrected chi connectivity index (χ2v) is 10.5. The van der Waals surface area contributed by atoms with E-state index in [1.807, 2.05) is 20.4 Å². The van der Waals surface area contributed by atoms with Crippen molar-refractivity contribution in [3.05, 3.63) is 0 Å². The zero-order valence-corrected chi connectivity index (χ0v) is 7.35. The highest BCUT2D eigenvalue weighted by Crippen LogP contribution is 2.27. The Bertz CT molecular complexity index is 55.2. The molecule has 0 rings (SSSR count). The van der Waals surface area contributed by atoms with Crippen molar-refractivity contribution in [1.82, 2.24) is 0 Å². The number of rotatable bonds is 1. The summed E-state index contributed by atoms with van der Waals surface area (Å²) in [5.41, 5.74) is 0.468. The molecule has 0 aromatic heterocycles. The molecule has 0 N–H and O–H groups in total. The molecule has 44 valence electrons. The van der Waals surface area contributed by atoms with Gasteiger partial charge in [-0.05, 0) is 12.1 Å². The Kier molecular flexibility index (Phi) is 2.65. The van der Waals surface area contributed by atoms with Crippen LogP contribution in [0.15, 0.2) is 0 Å². The summed E-state index contributed by atoms with van der Waals surface area (Å²) in [6.07, 6.45) is 0. The lowest BCUT2D eigenvalue weighted by atomic mass is 10.6. The van der Waals surface area contributed by atoms with Crippen molar-refractivity contribution in [2.24, 2.45) is 0 Å². The van der Waals surface area contributed by atoms with Crippen LogP contribution < -0.4 is 0 Å². The zero-order chi connectivity index (χ0) is 6.08. The van der Waals surface area contributed by atoms with Gasteiger partial charge in [0.2, 0.25) is 0 Å². The number of halogens is 2. The fraction of sp³-hybridized carbons (Fsp3) is 1.00. The van der Waals surface area contributed by atoms with Gasteiger partial charge in [-0.1, -0.05) is 13.8 Å². The van der Waals surface area contributed by atoms with Gasteiger partial charge in [-0.3, -0.25) is 0 Å². The molecule has 0 saturated carbocycles. The molecule has 0 radical (unpaired) electrons. The molecular formula is C4H10Cl2Si. The van der Waals surface area contributed by atoms with E-state index in [4.69, 9.17) is 22.2 Å². The first-order chi connectivity index (χ1) is 2.94. The van der Waals surface area contributed by atoms with Gasteiger partial charge in [-0.2, -0.15) is 0 Å². The molecule has 0 aliphatic carbocycles. The van der Waals surface area contributed by atoms with E-state index in [2.05, 4.69) is 0 Å². The maximum absolute atomic E-state index is 5.77. The third kappa shape index (κ3) is 3.39. The average molecular weight is 157 g/mol. The highest BCUT2D eigenvalue weighted by Gasteiger charge is 2.24. The Morgan fingerprint density at radius 1 is 1.29 bits per heavy atom. The van der Waals surface area contributed by atoms with Crippen molar-refractivity contribution in [2.45, 2.75) is 25.9 Å². The lowest BCUT2D eigenvalue weighted by molar-refractivity contribution is 1.05. The quantitative estimate of drug-likeness (QED) is 0.405. The molecule has 0 bridgehead atoms. The van der Waals surface area contributed by atoms with Crippen LogP contribution in [-0.2, 0) is 0 Å². The second kappa shape index (κ2) is 2.38. The van der Waals surface area contributed by atoms with Crippen LogP contribution in [0.3, 0.4) is 0 Å². The smallest absolute Gasteiger partial charge is 0.146 e. The molecule has 0 aromatic carbocycles. The summed E-state index contributed by atoms with van der Waals surface area (Å²) in [4.78, 5) is 0. The summed E-state index contributed by atoms with van der Waals surface area (Å²) in [5.74, 6) is 0. The minimum Gasteiger partial charge on any atom is -0.146 e. The molecule has 0 aromatic rings. The van der Waals surface area contributed by atoms with E-state index in [1.165, 1.54) is 0 Å². The summed E-state index contributed by atoms with van der Waals surface area (Å²) in [7, 11) is 0. The maximum atomic E-state index is 5.77. The molecule has 0 nitrogen and oxygen atoms in total. The van der Waals surface area contributed by atoms with Crippen molar-refractivity contribution in [3.8, 4) is 0 Å². The van der Waals surface area contributed by atoms with Crippen LogP contribution >= 0.6 is 22.2 Å². The van der Waals surface area contributed by atoms with Crippen molar-refractivity contribution < 1.29 is 0 Å². The van der Waals surface area contributed by atoms with Crippen LogP contribution in [0.25, 0.3) is 0 Å². The summed E-state index contributed by atoms with van der Waals surface area (Å²) in [6.45, 7) is 4.24. The number of hydrogen-bond acceptors (Lipinski definition) is 0. The highest BCUT2D eigenvalue weighted by molar-refractivity contribution is 7.45. The van der Waals surface area contributed by atoms with Gasteiger partial charge in [0.1, 0.15) is 0 Å². The monoisotopic (exact) mass is 156 g/mol. The zero-order valence-electron chi connectivity index (χ0n) is 4.83. The first-order valence-corrected chi connectivity index (χ1v) is 6.92. The van der Waals surface area contributed by atoms with Gasteiger partial charge < -0.3 is 0 Å². The minimum absolute atomic E-state index is 0.468. The van der Waals surface area contributed by atoms with Crippen LogP contribution in [-0.4, -0.2) is 6.69 Å². The molecule has 0 aliphatic heterocycles. The Morgan fingerprint density at radius 3 is 1.43 bits per heavy atom. The molecule has 0 fully saturated rings. The van der Waals surface area contributed by atoms with Crippen LogP contribution in [0, 0.1) is 0 Å². The molecular weight excluding hydrogens is 147 g/mol. The highest BCUT2D eigenvalue weighted by atomic mass is 35.7. The lowest BCUT2D eigenvalue weighted by Gasteiger charge is -2.12. The normalized spacial score (nSPS) is 12.9. The van der Waals surface area contributed by atoms with Gasteiger partial charge in [0.15, 0.2) is 0 Å². The van der Waals surface area contributed by atoms with Gasteiger partial charge in [-0.25, -0.2) is 0 Å². The summed E-state index contributed by atoms with van der Waals surface area (Å²) >= 11 is 11.5. The molecule has 0 heterocycles. The van der Waals surface area contributed by atoms with E-state index in [1.54, 1.807) is 0 Å². The predicted molar refractivity (Wildman–Crippen MR) is 38.4 cm³/mol. The predicted octanol–water partition coefficient (Wildman–Crippen LogP) is 2.95. The van der Waals surface area contributed by atoms with E-state index in [0.29, 0.717) is 5.54 Å². The van der Waals surface area contributed by atoms with Crippen molar-refractivity contribution in [2.75, 3.05) is 0 Å². The third-order valence-corrected chi connectivity index (χ3v) is 5.66. The van der Waals surface area contributed by atoms with E-state index in [9.17, 15) is 0 Å². The van der Waals surface area contributed by atoms with Gasteiger partial charge in [0.25, 0.3) is 6.69 Å². The molecule has 7 heavy (non-hydrogen) atoms. The fourth-order valence-electron chi connectivity index (χ4n) is 0. The first-order valence-electron chi connectivity index (χ1n) is 2.32. The molecule has 0 atom stereocenters. The number of hydrogen-bond donors (Lipinski definition) is 0. The molecule has 3 heteroatoms. The molecule has 0 spiro atoms. The summed E-state index contributed by atoms with van der Waals surface area (Å²) in [6, 6.07) is 0. The van der Waals surface area contributed by atoms with Crippen LogP contribution in [0.2, 0.25) is 12.1 Å². The third-order valence-electron chi connectivity index (χ3n) is 1.01. The lowest BCUT2D eigenvalue weighted by Crippen LogP contribution is -2.16. The topological polar surface area (TPSA) is 0 Å².